The number of nitrogens with zero attached hydrogens (tertiary/aromatic N) is 7. The average molecular weight is 519 g/mol. The predicted molar refractivity (Wildman–Crippen MR) is 149 cm³/mol. The van der Waals surface area contributed by atoms with Crippen molar-refractivity contribution in [2.75, 3.05) is 23.0 Å². The molecule has 1 fully saturated rings. The molecule has 3 aromatic heterocycles. The molecule has 0 amide bonds. The van der Waals surface area contributed by atoms with Crippen LogP contribution in [0.2, 0.25) is 0 Å². The van der Waals surface area contributed by atoms with Gasteiger partial charge in [-0.3, -0.25) is 14.8 Å². The van der Waals surface area contributed by atoms with Crippen LogP contribution in [0.3, 0.4) is 0 Å². The van der Waals surface area contributed by atoms with Gasteiger partial charge in [0.15, 0.2) is 23.8 Å². The van der Waals surface area contributed by atoms with E-state index < -0.39 is 0 Å². The summed E-state index contributed by atoms with van der Waals surface area (Å²) in [4.78, 5) is 42.7. The molecule has 3 aromatic rings. The number of hydrogen-bond acceptors (Lipinski definition) is 9. The summed E-state index contributed by atoms with van der Waals surface area (Å²) in [5, 5.41) is 3.11. The number of hydrogen-bond donors (Lipinski definition) is 1. The van der Waals surface area contributed by atoms with Gasteiger partial charge in [-0.15, -0.1) is 11.8 Å². The number of aryl methyl sites for hydroxylation is 1. The van der Waals surface area contributed by atoms with Crippen LogP contribution in [-0.4, -0.2) is 55.9 Å². The fourth-order valence-electron chi connectivity index (χ4n) is 3.94. The van der Waals surface area contributed by atoms with Crippen LogP contribution in [-0.2, 0) is 11.3 Å². The smallest absolute Gasteiger partial charge is 0.185 e. The Morgan fingerprint density at radius 2 is 2.03 bits per heavy atom. The first-order chi connectivity index (χ1) is 17.9. The molecule has 0 aliphatic heterocycles. The first kappa shape index (κ1) is 26.7. The molecule has 3 heterocycles. The lowest BCUT2D eigenvalue weighted by Crippen LogP contribution is -2.31. The fourth-order valence-corrected chi connectivity index (χ4v) is 4.57. The summed E-state index contributed by atoms with van der Waals surface area (Å²) in [6, 6.07) is 4.17. The Balaban J connectivity index is 1.65. The van der Waals surface area contributed by atoms with E-state index in [0.717, 1.165) is 58.2 Å². The summed E-state index contributed by atoms with van der Waals surface area (Å²) < 4.78 is 0. The summed E-state index contributed by atoms with van der Waals surface area (Å²) in [7, 11) is 1.99. The van der Waals surface area contributed by atoms with Crippen LogP contribution >= 0.6 is 11.8 Å². The average Bonchev–Trinajstić information content (AvgIpc) is 3.77. The summed E-state index contributed by atoms with van der Waals surface area (Å²) in [6.07, 6.45) is 9.07. The molecule has 1 atom stereocenters. The van der Waals surface area contributed by atoms with Crippen molar-refractivity contribution >= 4 is 35.5 Å². The Bertz CT molecular complexity index is 1260. The third-order valence-electron chi connectivity index (χ3n) is 6.50. The molecule has 1 aliphatic carbocycles. The lowest BCUT2D eigenvalue weighted by atomic mass is 10.1. The van der Waals surface area contributed by atoms with Crippen LogP contribution in [0.5, 0.6) is 0 Å². The minimum Gasteiger partial charge on any atom is -0.354 e. The number of carbonyl (C=O) groups is 1. The van der Waals surface area contributed by atoms with Crippen molar-refractivity contribution in [3.63, 3.8) is 0 Å². The molecule has 0 radical (unpaired) electrons. The van der Waals surface area contributed by atoms with E-state index in [1.807, 2.05) is 32.3 Å². The molecule has 37 heavy (non-hydrogen) atoms. The molecule has 194 valence electrons. The van der Waals surface area contributed by atoms with Gasteiger partial charge >= 0.3 is 0 Å². The summed E-state index contributed by atoms with van der Waals surface area (Å²) in [5.74, 6) is 2.73. The Morgan fingerprint density at radius 3 is 2.68 bits per heavy atom. The maximum atomic E-state index is 11.9. The molecule has 0 aromatic carbocycles. The van der Waals surface area contributed by atoms with Gasteiger partial charge in [0.2, 0.25) is 0 Å². The molecule has 4 rings (SSSR count). The van der Waals surface area contributed by atoms with Crippen LogP contribution in [0.25, 0.3) is 11.3 Å². The van der Waals surface area contributed by atoms with E-state index in [1.165, 1.54) is 0 Å². The Hall–Kier alpha value is -3.40. The molecule has 0 saturated heterocycles. The summed E-state index contributed by atoms with van der Waals surface area (Å²) in [6.45, 7) is 8.63. The molecular weight excluding hydrogens is 484 g/mol. The Morgan fingerprint density at radius 1 is 1.22 bits per heavy atom. The zero-order valence-corrected chi connectivity index (χ0v) is 22.9. The van der Waals surface area contributed by atoms with Crippen molar-refractivity contribution in [3.8, 4) is 11.3 Å². The monoisotopic (exact) mass is 518 g/mol. The standard InChI is InChI=1S/C27H34N8OS/c1-6-17(3)35(5)27-26(34-23(15-36)29-12-20-10-11-21(13-28-20)37-7-2)30-14-22(33-27)24-18(4)31-16-32-25(24)19-8-9-19/h10-11,13-17,19H,6-9,12H2,1-5H3,(H,29,30,34)/t17-/m0/s1. The number of rotatable bonds is 11. The zero-order chi connectivity index (χ0) is 26.4. The molecule has 9 nitrogen and oxygen atoms in total. The number of amidine groups is 1. The number of aldehydes is 1. The topological polar surface area (TPSA) is 109 Å². The number of aliphatic imine (C=N–C) groups is 1. The first-order valence-electron chi connectivity index (χ1n) is 12.7. The fraction of sp³-hybridized carbons (Fsp3) is 0.444. The van der Waals surface area contributed by atoms with Crippen LogP contribution in [0.4, 0.5) is 11.6 Å². The van der Waals surface area contributed by atoms with Crippen molar-refractivity contribution in [2.24, 2.45) is 4.99 Å². The second-order valence-electron chi connectivity index (χ2n) is 9.15. The quantitative estimate of drug-likeness (QED) is 0.161. The van der Waals surface area contributed by atoms with Gasteiger partial charge in [0, 0.05) is 35.7 Å². The van der Waals surface area contributed by atoms with E-state index in [-0.39, 0.29) is 18.4 Å². The highest BCUT2D eigenvalue weighted by Gasteiger charge is 2.30. The van der Waals surface area contributed by atoms with Gasteiger partial charge in [0.05, 0.1) is 35.5 Å². The summed E-state index contributed by atoms with van der Waals surface area (Å²) >= 11 is 1.73. The summed E-state index contributed by atoms with van der Waals surface area (Å²) in [5.41, 5.74) is 4.38. The van der Waals surface area contributed by atoms with E-state index in [2.05, 4.69) is 50.9 Å². The minimum absolute atomic E-state index is 0.174. The minimum atomic E-state index is 0.174. The molecule has 0 spiro atoms. The van der Waals surface area contributed by atoms with Crippen molar-refractivity contribution < 1.29 is 4.79 Å². The predicted octanol–water partition coefficient (Wildman–Crippen LogP) is 5.07. The largest absolute Gasteiger partial charge is 0.354 e. The Kier molecular flexibility index (Phi) is 8.81. The van der Waals surface area contributed by atoms with E-state index in [4.69, 9.17) is 9.97 Å². The molecule has 0 unspecified atom stereocenters. The van der Waals surface area contributed by atoms with E-state index in [0.29, 0.717) is 23.8 Å². The van der Waals surface area contributed by atoms with Gasteiger partial charge in [-0.05, 0) is 51.0 Å². The van der Waals surface area contributed by atoms with E-state index in [1.54, 1.807) is 24.3 Å². The highest BCUT2D eigenvalue weighted by molar-refractivity contribution is 7.99. The molecular formula is C27H34N8OS. The normalized spacial score (nSPS) is 14.4. The van der Waals surface area contributed by atoms with E-state index in [9.17, 15) is 4.79 Å². The molecule has 1 aliphatic rings. The lowest BCUT2D eigenvalue weighted by Gasteiger charge is -2.27. The van der Waals surface area contributed by atoms with Crippen molar-refractivity contribution in [3.05, 3.63) is 47.9 Å². The third-order valence-corrected chi connectivity index (χ3v) is 7.37. The number of thioether (sulfide) groups is 1. The van der Waals surface area contributed by atoms with Gasteiger partial charge in [-0.25, -0.2) is 19.9 Å². The lowest BCUT2D eigenvalue weighted by molar-refractivity contribution is -0.102. The van der Waals surface area contributed by atoms with Gasteiger partial charge in [-0.2, -0.15) is 0 Å². The van der Waals surface area contributed by atoms with Crippen molar-refractivity contribution in [2.45, 2.75) is 70.4 Å². The van der Waals surface area contributed by atoms with Gasteiger partial charge in [-0.1, -0.05) is 13.8 Å². The van der Waals surface area contributed by atoms with Crippen LogP contribution in [0.1, 0.15) is 63.0 Å². The van der Waals surface area contributed by atoms with Crippen LogP contribution in [0, 0.1) is 6.92 Å². The van der Waals surface area contributed by atoms with Gasteiger partial charge < -0.3 is 10.2 Å². The number of aromatic nitrogens is 5. The molecule has 1 N–H and O–H groups in total. The first-order valence-corrected chi connectivity index (χ1v) is 13.7. The van der Waals surface area contributed by atoms with Crippen molar-refractivity contribution in [1.29, 1.82) is 0 Å². The van der Waals surface area contributed by atoms with Crippen LogP contribution < -0.4 is 10.2 Å². The second-order valence-corrected chi connectivity index (χ2v) is 10.5. The van der Waals surface area contributed by atoms with Crippen molar-refractivity contribution in [1.82, 2.24) is 24.9 Å². The number of carbonyl (C=O) groups excluding carboxylic acids is 1. The Labute approximate surface area is 222 Å². The second kappa shape index (κ2) is 12.2. The third kappa shape index (κ3) is 6.49. The molecule has 1 saturated carbocycles. The SMILES string of the molecule is CCSc1ccc(CN=C(C=O)Nc2ncc(-c3c(C)ncnc3C3CC3)nc2N(C)[C@@H](C)CC)nc1. The van der Waals surface area contributed by atoms with Crippen LogP contribution in [0.15, 0.2) is 40.7 Å². The molecule has 10 heteroatoms. The van der Waals surface area contributed by atoms with E-state index >= 15 is 0 Å². The number of nitrogens with one attached hydrogen (secondary N) is 1. The number of anilines is 2. The highest BCUT2D eigenvalue weighted by Crippen LogP contribution is 2.43. The molecule has 0 bridgehead atoms. The maximum absolute atomic E-state index is 11.9. The number of pyridine rings is 1. The highest BCUT2D eigenvalue weighted by atomic mass is 32.2. The van der Waals surface area contributed by atoms with Gasteiger partial charge in [0.25, 0.3) is 0 Å². The zero-order valence-electron chi connectivity index (χ0n) is 22.1. The van der Waals surface area contributed by atoms with Gasteiger partial charge in [0.1, 0.15) is 6.33 Å². The maximum Gasteiger partial charge on any atom is 0.185 e.